The molecule has 126 valence electrons. The molecule has 1 aromatic rings. The first-order chi connectivity index (χ1) is 10.7. The first-order valence-corrected chi connectivity index (χ1v) is 6.67. The van der Waals surface area contributed by atoms with E-state index in [0.717, 1.165) is 12.1 Å². The van der Waals surface area contributed by atoms with Crippen molar-refractivity contribution in [3.63, 3.8) is 0 Å². The smallest absolute Gasteiger partial charge is 0.379 e. The molecular weight excluding hydrogens is 319 g/mol. The number of rotatable bonds is 3. The van der Waals surface area contributed by atoms with Gasteiger partial charge in [0.1, 0.15) is 5.56 Å². The van der Waals surface area contributed by atoms with E-state index in [0.29, 0.717) is 25.7 Å². The Balaban J connectivity index is 2.20. The zero-order chi connectivity index (χ0) is 17.2. The Labute approximate surface area is 129 Å². The molecule has 1 aromatic carbocycles. The van der Waals surface area contributed by atoms with Crippen LogP contribution < -0.4 is 5.32 Å². The lowest BCUT2D eigenvalue weighted by molar-refractivity contribution is -0.388. The summed E-state index contributed by atoms with van der Waals surface area (Å²) in [5.74, 6) is 0. The molecule has 1 N–H and O–H groups in total. The summed E-state index contributed by atoms with van der Waals surface area (Å²) in [4.78, 5) is 22.9. The highest BCUT2D eigenvalue weighted by Gasteiger charge is 2.38. The van der Waals surface area contributed by atoms with Gasteiger partial charge in [-0.2, -0.15) is 13.2 Å². The van der Waals surface area contributed by atoms with Crippen molar-refractivity contribution >= 4 is 17.4 Å². The molecule has 1 aliphatic rings. The number of hydrogen-bond donors (Lipinski definition) is 1. The van der Waals surface area contributed by atoms with Crippen LogP contribution in [-0.2, 0) is 10.9 Å². The number of alkyl halides is 3. The number of urea groups is 1. The Bertz CT molecular complexity index is 615. The maximum atomic E-state index is 12.9. The Kier molecular flexibility index (Phi) is 4.73. The van der Waals surface area contributed by atoms with Crippen LogP contribution in [0.25, 0.3) is 0 Å². The van der Waals surface area contributed by atoms with Crippen molar-refractivity contribution in [1.82, 2.24) is 4.90 Å². The predicted octanol–water partition coefficient (Wildman–Crippen LogP) is 2.87. The Hall–Kier alpha value is -2.36. The molecule has 0 unspecified atom stereocenters. The lowest BCUT2D eigenvalue weighted by atomic mass is 10.1. The molecule has 1 aliphatic heterocycles. The van der Waals surface area contributed by atoms with Crippen molar-refractivity contribution < 1.29 is 27.6 Å². The number of halogens is 3. The molecule has 10 heteroatoms. The van der Waals surface area contributed by atoms with Crippen LogP contribution in [0.3, 0.4) is 0 Å². The van der Waals surface area contributed by atoms with Crippen LogP contribution in [0.15, 0.2) is 18.2 Å². The maximum absolute atomic E-state index is 12.9. The van der Waals surface area contributed by atoms with Crippen LogP contribution in [0, 0.1) is 10.1 Å². The quantitative estimate of drug-likeness (QED) is 0.681. The molecule has 2 rings (SSSR count). The number of carbonyl (C=O) groups excluding carboxylic acids is 1. The fourth-order valence-corrected chi connectivity index (χ4v) is 2.21. The van der Waals surface area contributed by atoms with E-state index in [9.17, 15) is 28.1 Å². The normalized spacial score (nSPS) is 17.8. The molecule has 0 aromatic heterocycles. The SMILES string of the molecule is CN(C(=O)Nc1ccc([N+](=O)[O-])c(C(F)(F)F)c1)[C@@H]1CCOC1. The monoisotopic (exact) mass is 333 g/mol. The van der Waals surface area contributed by atoms with Gasteiger partial charge < -0.3 is 15.0 Å². The number of nitro groups is 1. The fourth-order valence-electron chi connectivity index (χ4n) is 2.21. The highest BCUT2D eigenvalue weighted by atomic mass is 19.4. The molecule has 1 fully saturated rings. The molecule has 0 radical (unpaired) electrons. The van der Waals surface area contributed by atoms with E-state index in [-0.39, 0.29) is 11.7 Å². The molecular formula is C13H14F3N3O4. The first kappa shape index (κ1) is 17.0. The first-order valence-electron chi connectivity index (χ1n) is 6.67. The molecule has 0 aliphatic carbocycles. The molecule has 2 amide bonds. The van der Waals surface area contributed by atoms with Gasteiger partial charge in [0, 0.05) is 25.4 Å². The Morgan fingerprint density at radius 1 is 1.48 bits per heavy atom. The Morgan fingerprint density at radius 2 is 2.17 bits per heavy atom. The summed E-state index contributed by atoms with van der Waals surface area (Å²) in [7, 11) is 1.50. The largest absolute Gasteiger partial charge is 0.423 e. The molecule has 0 saturated carbocycles. The number of nitrogens with one attached hydrogen (secondary N) is 1. The topological polar surface area (TPSA) is 84.7 Å². The number of benzene rings is 1. The Morgan fingerprint density at radius 3 is 2.70 bits per heavy atom. The van der Waals surface area contributed by atoms with Gasteiger partial charge in [-0.1, -0.05) is 0 Å². The zero-order valence-corrected chi connectivity index (χ0v) is 12.1. The summed E-state index contributed by atoms with van der Waals surface area (Å²) in [6.07, 6.45) is -4.26. The van der Waals surface area contributed by atoms with Crippen LogP contribution in [0.5, 0.6) is 0 Å². The van der Waals surface area contributed by atoms with E-state index >= 15 is 0 Å². The van der Waals surface area contributed by atoms with Gasteiger partial charge in [-0.05, 0) is 18.6 Å². The lowest BCUT2D eigenvalue weighted by Gasteiger charge is -2.23. The third-order valence-corrected chi connectivity index (χ3v) is 3.52. The van der Waals surface area contributed by atoms with Gasteiger partial charge in [0.25, 0.3) is 5.69 Å². The van der Waals surface area contributed by atoms with Gasteiger partial charge in [0.2, 0.25) is 0 Å². The van der Waals surface area contributed by atoms with Crippen LogP contribution in [0.4, 0.5) is 29.3 Å². The fraction of sp³-hybridized carbons (Fsp3) is 0.462. The average Bonchev–Trinajstić information content (AvgIpc) is 2.99. The van der Waals surface area contributed by atoms with E-state index in [1.54, 1.807) is 0 Å². The summed E-state index contributed by atoms with van der Waals surface area (Å²) >= 11 is 0. The number of nitro benzene ring substituents is 1. The summed E-state index contributed by atoms with van der Waals surface area (Å²) in [6, 6.07) is 1.56. The van der Waals surface area contributed by atoms with E-state index in [1.807, 2.05) is 0 Å². The van der Waals surface area contributed by atoms with Crippen molar-refractivity contribution in [2.24, 2.45) is 0 Å². The highest BCUT2D eigenvalue weighted by Crippen LogP contribution is 2.37. The molecule has 1 heterocycles. The van der Waals surface area contributed by atoms with Crippen molar-refractivity contribution in [2.75, 3.05) is 25.6 Å². The average molecular weight is 333 g/mol. The van der Waals surface area contributed by atoms with Gasteiger partial charge in [-0.25, -0.2) is 4.79 Å². The number of hydrogen-bond acceptors (Lipinski definition) is 4. The minimum Gasteiger partial charge on any atom is -0.379 e. The summed E-state index contributed by atoms with van der Waals surface area (Å²) in [5.41, 5.74) is -2.64. The van der Waals surface area contributed by atoms with Crippen LogP contribution in [0.2, 0.25) is 0 Å². The molecule has 23 heavy (non-hydrogen) atoms. The third-order valence-electron chi connectivity index (χ3n) is 3.52. The second-order valence-electron chi connectivity index (χ2n) is 5.05. The van der Waals surface area contributed by atoms with Gasteiger partial charge in [-0.3, -0.25) is 10.1 Å². The molecule has 0 spiro atoms. The standard InChI is InChI=1S/C13H14F3N3O4/c1-18(9-4-5-23-7-9)12(20)17-8-2-3-11(19(21)22)10(6-8)13(14,15)16/h2-3,6,9H,4-5,7H2,1H3,(H,17,20)/t9-/m1/s1. The predicted molar refractivity (Wildman–Crippen MR) is 74.1 cm³/mol. The number of carbonyl (C=O) groups is 1. The second-order valence-corrected chi connectivity index (χ2v) is 5.05. The van der Waals surface area contributed by atoms with Crippen molar-refractivity contribution in [1.29, 1.82) is 0 Å². The summed E-state index contributed by atoms with van der Waals surface area (Å²) in [5, 5.41) is 13.0. The third kappa shape index (κ3) is 3.89. The summed E-state index contributed by atoms with van der Waals surface area (Å²) in [6.45, 7) is 0.871. The van der Waals surface area contributed by atoms with Crippen molar-refractivity contribution in [2.45, 2.75) is 18.6 Å². The number of nitrogens with zero attached hydrogens (tertiary/aromatic N) is 2. The number of ether oxygens (including phenoxy) is 1. The molecule has 1 saturated heterocycles. The molecule has 0 bridgehead atoms. The van der Waals surface area contributed by atoms with Crippen LogP contribution in [-0.4, -0.2) is 42.2 Å². The molecule has 1 atom stereocenters. The van der Waals surface area contributed by atoms with E-state index in [1.165, 1.54) is 11.9 Å². The summed E-state index contributed by atoms with van der Waals surface area (Å²) < 4.78 is 43.8. The van der Waals surface area contributed by atoms with E-state index in [4.69, 9.17) is 4.74 Å². The number of anilines is 1. The van der Waals surface area contributed by atoms with Crippen LogP contribution in [0.1, 0.15) is 12.0 Å². The van der Waals surface area contributed by atoms with E-state index < -0.39 is 28.4 Å². The molecule has 7 nitrogen and oxygen atoms in total. The lowest BCUT2D eigenvalue weighted by Crippen LogP contribution is -2.40. The van der Waals surface area contributed by atoms with Crippen molar-refractivity contribution in [3.05, 3.63) is 33.9 Å². The van der Waals surface area contributed by atoms with E-state index in [2.05, 4.69) is 5.32 Å². The van der Waals surface area contributed by atoms with Gasteiger partial charge >= 0.3 is 12.2 Å². The number of likely N-dealkylation sites (N-methyl/N-ethyl adjacent to an activating group) is 1. The highest BCUT2D eigenvalue weighted by molar-refractivity contribution is 5.89. The second kappa shape index (κ2) is 6.41. The van der Waals surface area contributed by atoms with Crippen molar-refractivity contribution in [3.8, 4) is 0 Å². The van der Waals surface area contributed by atoms with Gasteiger partial charge in [-0.15, -0.1) is 0 Å². The van der Waals surface area contributed by atoms with Gasteiger partial charge in [0.05, 0.1) is 17.6 Å². The van der Waals surface area contributed by atoms with Crippen LogP contribution >= 0.6 is 0 Å². The van der Waals surface area contributed by atoms with Gasteiger partial charge in [0.15, 0.2) is 0 Å². The maximum Gasteiger partial charge on any atom is 0.423 e. The minimum absolute atomic E-state index is 0.157. The minimum atomic E-state index is -4.89. The zero-order valence-electron chi connectivity index (χ0n) is 12.1. The number of amides is 2.